The molecule has 4 rings (SSSR count). The largest absolute Gasteiger partial charge is 0.493 e. The van der Waals surface area contributed by atoms with Crippen molar-refractivity contribution >= 4 is 15.7 Å². The number of sulfonamides is 1. The Hall–Kier alpha value is -2.26. The fourth-order valence-electron chi connectivity index (χ4n) is 4.21. The van der Waals surface area contributed by atoms with E-state index in [2.05, 4.69) is 0 Å². The molecule has 9 heteroatoms. The van der Waals surface area contributed by atoms with E-state index in [1.807, 2.05) is 0 Å². The van der Waals surface area contributed by atoms with Gasteiger partial charge in [-0.15, -0.1) is 0 Å². The SMILES string of the molecule is C[C@H]1CCc2cc(C(F)(F)F)ccc2N1S(=O)(=O)c1ccc(OCC2CCOCC2)cc1. The summed E-state index contributed by atoms with van der Waals surface area (Å²) in [6, 6.07) is 9.09. The molecule has 0 saturated carbocycles. The molecule has 5 nitrogen and oxygen atoms in total. The van der Waals surface area contributed by atoms with Gasteiger partial charge in [0.2, 0.25) is 0 Å². The van der Waals surface area contributed by atoms with Crippen LogP contribution in [0.3, 0.4) is 0 Å². The van der Waals surface area contributed by atoms with Gasteiger partial charge in [0.25, 0.3) is 10.0 Å². The second kappa shape index (κ2) is 8.94. The zero-order chi connectivity index (χ0) is 22.9. The number of hydrogen-bond donors (Lipinski definition) is 0. The van der Waals surface area contributed by atoms with Crippen molar-refractivity contribution in [3.63, 3.8) is 0 Å². The summed E-state index contributed by atoms with van der Waals surface area (Å²) in [5.41, 5.74) is -0.0799. The number of ether oxygens (including phenoxy) is 2. The third-order valence-electron chi connectivity index (χ3n) is 6.08. The Balaban J connectivity index is 1.55. The molecule has 2 aliphatic heterocycles. The van der Waals surface area contributed by atoms with Crippen molar-refractivity contribution in [3.8, 4) is 5.75 Å². The van der Waals surface area contributed by atoms with Gasteiger partial charge in [0.15, 0.2) is 0 Å². The van der Waals surface area contributed by atoms with E-state index in [0.717, 1.165) is 38.2 Å². The number of alkyl halides is 3. The molecule has 1 atom stereocenters. The lowest BCUT2D eigenvalue weighted by Crippen LogP contribution is -2.42. The van der Waals surface area contributed by atoms with Crippen LogP contribution in [0, 0.1) is 5.92 Å². The zero-order valence-electron chi connectivity index (χ0n) is 17.8. The summed E-state index contributed by atoms with van der Waals surface area (Å²) in [6.07, 6.45) is -1.75. The molecule has 0 aromatic heterocycles. The van der Waals surface area contributed by atoms with E-state index in [0.29, 0.717) is 42.4 Å². The van der Waals surface area contributed by atoms with Crippen LogP contribution < -0.4 is 9.04 Å². The number of aryl methyl sites for hydroxylation is 1. The predicted octanol–water partition coefficient (Wildman–Crippen LogP) is 5.04. The minimum absolute atomic E-state index is 0.0792. The van der Waals surface area contributed by atoms with E-state index in [4.69, 9.17) is 9.47 Å². The molecular formula is C23H26F3NO4S. The molecule has 0 radical (unpaired) electrons. The highest BCUT2D eigenvalue weighted by Crippen LogP contribution is 2.39. The van der Waals surface area contributed by atoms with Crippen LogP contribution in [0.25, 0.3) is 0 Å². The molecule has 0 aliphatic carbocycles. The van der Waals surface area contributed by atoms with Crippen molar-refractivity contribution in [1.29, 1.82) is 0 Å². The van der Waals surface area contributed by atoms with Crippen molar-refractivity contribution < 1.29 is 31.1 Å². The van der Waals surface area contributed by atoms with E-state index in [9.17, 15) is 21.6 Å². The van der Waals surface area contributed by atoms with Gasteiger partial charge in [-0.3, -0.25) is 4.31 Å². The topological polar surface area (TPSA) is 55.8 Å². The first kappa shape index (κ1) is 22.9. The normalized spacial score (nSPS) is 20.1. The van der Waals surface area contributed by atoms with Crippen LogP contribution in [0.15, 0.2) is 47.4 Å². The van der Waals surface area contributed by atoms with Gasteiger partial charge in [-0.1, -0.05) is 0 Å². The van der Waals surface area contributed by atoms with Gasteiger partial charge in [0.1, 0.15) is 5.75 Å². The molecule has 2 heterocycles. The van der Waals surface area contributed by atoms with E-state index in [-0.39, 0.29) is 10.9 Å². The molecule has 2 aliphatic rings. The molecule has 32 heavy (non-hydrogen) atoms. The number of hydrogen-bond acceptors (Lipinski definition) is 4. The maximum Gasteiger partial charge on any atom is 0.416 e. The number of fused-ring (bicyclic) bond motifs is 1. The Kier molecular flexibility index (Phi) is 6.40. The lowest BCUT2D eigenvalue weighted by Gasteiger charge is -2.36. The number of benzene rings is 2. The van der Waals surface area contributed by atoms with E-state index < -0.39 is 21.8 Å². The maximum absolute atomic E-state index is 13.4. The molecule has 0 spiro atoms. The zero-order valence-corrected chi connectivity index (χ0v) is 18.6. The van der Waals surface area contributed by atoms with Gasteiger partial charge in [-0.05, 0) is 86.6 Å². The molecular weight excluding hydrogens is 443 g/mol. The van der Waals surface area contributed by atoms with E-state index in [1.54, 1.807) is 19.1 Å². The first-order valence-corrected chi connectivity index (χ1v) is 12.2. The quantitative estimate of drug-likeness (QED) is 0.616. The second-order valence-corrected chi connectivity index (χ2v) is 10.2. The second-order valence-electron chi connectivity index (χ2n) is 8.37. The molecule has 2 aromatic rings. The van der Waals surface area contributed by atoms with Crippen LogP contribution in [-0.2, 0) is 27.4 Å². The van der Waals surface area contributed by atoms with Crippen LogP contribution in [0.5, 0.6) is 5.75 Å². The van der Waals surface area contributed by atoms with E-state index >= 15 is 0 Å². The smallest absolute Gasteiger partial charge is 0.416 e. The van der Waals surface area contributed by atoms with Crippen LogP contribution in [-0.4, -0.2) is 34.3 Å². The summed E-state index contributed by atoms with van der Waals surface area (Å²) in [6.45, 7) is 3.77. The Labute approximate surface area is 186 Å². The molecule has 0 amide bonds. The highest BCUT2D eigenvalue weighted by Gasteiger charge is 2.36. The van der Waals surface area contributed by atoms with Crippen molar-refractivity contribution in [2.75, 3.05) is 24.1 Å². The van der Waals surface area contributed by atoms with Gasteiger partial charge in [0, 0.05) is 19.3 Å². The van der Waals surface area contributed by atoms with Crippen LogP contribution in [0.4, 0.5) is 18.9 Å². The average Bonchev–Trinajstić information content (AvgIpc) is 2.77. The summed E-state index contributed by atoms with van der Waals surface area (Å²) < 4.78 is 78.5. The maximum atomic E-state index is 13.4. The summed E-state index contributed by atoms with van der Waals surface area (Å²) in [4.78, 5) is 0.0792. The molecule has 0 bridgehead atoms. The average molecular weight is 470 g/mol. The Bertz CT molecular complexity index is 1050. The van der Waals surface area contributed by atoms with Crippen molar-refractivity contribution in [2.24, 2.45) is 5.92 Å². The highest BCUT2D eigenvalue weighted by atomic mass is 32.2. The third kappa shape index (κ3) is 4.73. The number of rotatable bonds is 5. The van der Waals surface area contributed by atoms with Crippen molar-refractivity contribution in [1.82, 2.24) is 0 Å². The van der Waals surface area contributed by atoms with Gasteiger partial charge in [-0.2, -0.15) is 13.2 Å². The van der Waals surface area contributed by atoms with Gasteiger partial charge in [-0.25, -0.2) is 8.42 Å². The van der Waals surface area contributed by atoms with Crippen molar-refractivity contribution in [3.05, 3.63) is 53.6 Å². The minimum atomic E-state index is -4.47. The molecule has 174 valence electrons. The van der Waals surface area contributed by atoms with Gasteiger partial charge in [0.05, 0.1) is 22.8 Å². The first-order chi connectivity index (χ1) is 15.2. The van der Waals surface area contributed by atoms with Gasteiger partial charge >= 0.3 is 6.18 Å². The van der Waals surface area contributed by atoms with Crippen LogP contribution >= 0.6 is 0 Å². The lowest BCUT2D eigenvalue weighted by molar-refractivity contribution is -0.137. The molecule has 1 fully saturated rings. The van der Waals surface area contributed by atoms with Gasteiger partial charge < -0.3 is 9.47 Å². The summed E-state index contributed by atoms with van der Waals surface area (Å²) in [5.74, 6) is 0.997. The number of anilines is 1. The molecule has 0 N–H and O–H groups in total. The van der Waals surface area contributed by atoms with Crippen LogP contribution in [0.2, 0.25) is 0 Å². The highest BCUT2D eigenvalue weighted by molar-refractivity contribution is 7.92. The minimum Gasteiger partial charge on any atom is -0.493 e. The molecule has 0 unspecified atom stereocenters. The predicted molar refractivity (Wildman–Crippen MR) is 114 cm³/mol. The number of halogens is 3. The fraction of sp³-hybridized carbons (Fsp3) is 0.478. The molecule has 1 saturated heterocycles. The summed E-state index contributed by atoms with van der Waals surface area (Å²) in [7, 11) is -3.95. The van der Waals surface area contributed by atoms with Crippen LogP contribution in [0.1, 0.15) is 37.3 Å². The Morgan fingerprint density at radius 1 is 1.06 bits per heavy atom. The summed E-state index contributed by atoms with van der Waals surface area (Å²) in [5, 5.41) is 0. The Morgan fingerprint density at radius 3 is 2.41 bits per heavy atom. The molecule has 2 aromatic carbocycles. The Morgan fingerprint density at radius 2 is 1.75 bits per heavy atom. The van der Waals surface area contributed by atoms with Crippen molar-refractivity contribution in [2.45, 2.75) is 49.7 Å². The first-order valence-electron chi connectivity index (χ1n) is 10.7. The third-order valence-corrected chi connectivity index (χ3v) is 8.03. The standard InChI is InChI=1S/C23H26F3NO4S/c1-16-2-3-18-14-19(23(24,25)26)4-9-22(18)27(16)32(28,29)21-7-5-20(6-8-21)31-15-17-10-12-30-13-11-17/h4-9,14,16-17H,2-3,10-13,15H2,1H3/t16-/m0/s1. The monoisotopic (exact) mass is 469 g/mol. The van der Waals surface area contributed by atoms with E-state index in [1.165, 1.54) is 22.5 Å². The number of nitrogens with zero attached hydrogens (tertiary/aromatic N) is 1. The fourth-order valence-corrected chi connectivity index (χ4v) is 5.93. The summed E-state index contributed by atoms with van der Waals surface area (Å²) >= 11 is 0. The lowest BCUT2D eigenvalue weighted by atomic mass is 9.97.